The molecule has 0 saturated carbocycles. The van der Waals surface area contributed by atoms with E-state index in [0.29, 0.717) is 34.6 Å². The van der Waals surface area contributed by atoms with Gasteiger partial charge in [-0.15, -0.1) is 26.3 Å². The molecule has 0 fully saturated rings. The van der Waals surface area contributed by atoms with Crippen molar-refractivity contribution in [3.05, 3.63) is 116 Å². The van der Waals surface area contributed by atoms with E-state index in [9.17, 15) is 20.2 Å². The van der Waals surface area contributed by atoms with Crippen LogP contribution < -0.4 is 0 Å². The van der Waals surface area contributed by atoms with Crippen LogP contribution in [-0.4, -0.2) is 48.5 Å². The molecule has 212 valence electrons. The normalized spacial score (nSPS) is 26.4. The lowest BCUT2D eigenvalue weighted by atomic mass is 9.72. The van der Waals surface area contributed by atoms with Crippen LogP contribution in [0.15, 0.2) is 95.3 Å². The SMILES string of the molecule is C=CCOC1C([N+](=O)[O-])=CC(Br)=CC1(CC=C)CCOCCC1(CC=C)C=C(Br)C=C([N+](=O)[O-])C1OCC=C. The fourth-order valence-corrected chi connectivity index (χ4v) is 6.42. The van der Waals surface area contributed by atoms with Gasteiger partial charge in [0, 0.05) is 45.2 Å². The number of hydrogen-bond donors (Lipinski definition) is 0. The van der Waals surface area contributed by atoms with Gasteiger partial charge < -0.3 is 14.2 Å². The van der Waals surface area contributed by atoms with Crippen LogP contribution in [0.2, 0.25) is 0 Å². The fraction of sp³-hybridized carbons (Fsp3) is 0.429. The van der Waals surface area contributed by atoms with Gasteiger partial charge in [-0.2, -0.15) is 0 Å². The van der Waals surface area contributed by atoms with Crippen LogP contribution in [0.1, 0.15) is 25.7 Å². The van der Waals surface area contributed by atoms with E-state index in [-0.39, 0.29) is 37.8 Å². The van der Waals surface area contributed by atoms with Gasteiger partial charge >= 0.3 is 0 Å². The van der Waals surface area contributed by atoms with Crippen molar-refractivity contribution in [2.24, 2.45) is 10.8 Å². The first kappa shape index (κ1) is 32.8. The molecule has 0 aliphatic heterocycles. The Morgan fingerprint density at radius 2 is 1.15 bits per heavy atom. The molecule has 4 atom stereocenters. The fourth-order valence-electron chi connectivity index (χ4n) is 5.04. The molecule has 0 heterocycles. The smallest absolute Gasteiger partial charge is 0.276 e. The summed E-state index contributed by atoms with van der Waals surface area (Å²) in [7, 11) is 0. The van der Waals surface area contributed by atoms with Gasteiger partial charge in [0.1, 0.15) is 0 Å². The van der Waals surface area contributed by atoms with Gasteiger partial charge in [0.05, 0.1) is 23.1 Å². The summed E-state index contributed by atoms with van der Waals surface area (Å²) in [4.78, 5) is 22.9. The molecule has 11 heteroatoms. The van der Waals surface area contributed by atoms with Crippen molar-refractivity contribution in [1.82, 2.24) is 0 Å². The third kappa shape index (κ3) is 8.28. The molecule has 0 amide bonds. The minimum absolute atomic E-state index is 0.0588. The lowest BCUT2D eigenvalue weighted by molar-refractivity contribution is -0.441. The number of nitrogens with zero attached hydrogens (tertiary/aromatic N) is 2. The van der Waals surface area contributed by atoms with Crippen molar-refractivity contribution >= 4 is 31.9 Å². The maximum Gasteiger partial charge on any atom is 0.276 e. The third-order valence-electron chi connectivity index (χ3n) is 6.66. The Hall–Kier alpha value is -2.44. The van der Waals surface area contributed by atoms with E-state index >= 15 is 0 Å². The monoisotopic (exact) mass is 668 g/mol. The zero-order valence-electron chi connectivity index (χ0n) is 21.8. The molecule has 0 bridgehead atoms. The number of allylic oxidation sites excluding steroid dienone is 6. The Balaban J connectivity index is 2.24. The van der Waals surface area contributed by atoms with E-state index in [4.69, 9.17) is 14.2 Å². The number of nitro groups is 2. The van der Waals surface area contributed by atoms with Gasteiger partial charge in [0.25, 0.3) is 11.4 Å². The zero-order chi connectivity index (χ0) is 29.1. The van der Waals surface area contributed by atoms with Crippen LogP contribution in [0.25, 0.3) is 0 Å². The molecule has 2 aliphatic rings. The molecule has 0 saturated heterocycles. The highest BCUT2D eigenvalue weighted by Gasteiger charge is 2.48. The first-order valence-corrected chi connectivity index (χ1v) is 13.9. The predicted molar refractivity (Wildman–Crippen MR) is 159 cm³/mol. The second-order valence-electron chi connectivity index (χ2n) is 9.28. The van der Waals surface area contributed by atoms with Crippen LogP contribution in [-0.2, 0) is 14.2 Å². The summed E-state index contributed by atoms with van der Waals surface area (Å²) in [5, 5.41) is 23.7. The summed E-state index contributed by atoms with van der Waals surface area (Å²) in [6.45, 7) is 15.8. The zero-order valence-corrected chi connectivity index (χ0v) is 24.9. The topological polar surface area (TPSA) is 114 Å². The summed E-state index contributed by atoms with van der Waals surface area (Å²) in [6, 6.07) is 0. The molecule has 0 aromatic rings. The Morgan fingerprint density at radius 1 is 0.769 bits per heavy atom. The summed E-state index contributed by atoms with van der Waals surface area (Å²) in [5.74, 6) is 0. The van der Waals surface area contributed by atoms with Crippen molar-refractivity contribution in [3.8, 4) is 0 Å². The minimum atomic E-state index is -0.831. The predicted octanol–water partition coefficient (Wildman–Crippen LogP) is 6.96. The highest BCUT2D eigenvalue weighted by Crippen LogP contribution is 2.46. The number of rotatable bonds is 18. The van der Waals surface area contributed by atoms with Crippen LogP contribution in [0.5, 0.6) is 0 Å². The van der Waals surface area contributed by atoms with Gasteiger partial charge in [-0.05, 0) is 25.7 Å². The first-order chi connectivity index (χ1) is 18.6. The van der Waals surface area contributed by atoms with E-state index < -0.39 is 32.9 Å². The van der Waals surface area contributed by atoms with Gasteiger partial charge in [0.15, 0.2) is 12.2 Å². The molecule has 0 aromatic heterocycles. The van der Waals surface area contributed by atoms with Gasteiger partial charge in [-0.1, -0.05) is 68.3 Å². The number of ether oxygens (including phenoxy) is 3. The van der Waals surface area contributed by atoms with E-state index in [1.165, 1.54) is 12.2 Å². The summed E-state index contributed by atoms with van der Waals surface area (Å²) >= 11 is 6.83. The van der Waals surface area contributed by atoms with Crippen molar-refractivity contribution < 1.29 is 24.1 Å². The second kappa shape index (κ2) is 15.4. The molecule has 0 aromatic carbocycles. The molecule has 0 N–H and O–H groups in total. The van der Waals surface area contributed by atoms with E-state index in [0.717, 1.165) is 0 Å². The molecule has 4 unspecified atom stereocenters. The Morgan fingerprint density at radius 3 is 1.46 bits per heavy atom. The van der Waals surface area contributed by atoms with Gasteiger partial charge in [0.2, 0.25) is 0 Å². The molecule has 2 aliphatic carbocycles. The van der Waals surface area contributed by atoms with Crippen molar-refractivity contribution in [2.75, 3.05) is 26.4 Å². The summed E-state index contributed by atoms with van der Waals surface area (Å²) in [5.41, 5.74) is -1.66. The third-order valence-corrected chi connectivity index (χ3v) is 7.58. The lowest BCUT2D eigenvalue weighted by Crippen LogP contribution is -2.43. The van der Waals surface area contributed by atoms with E-state index in [2.05, 4.69) is 58.2 Å². The van der Waals surface area contributed by atoms with E-state index in [1.54, 1.807) is 24.3 Å². The van der Waals surface area contributed by atoms with Crippen molar-refractivity contribution in [3.63, 3.8) is 0 Å². The molecule has 0 spiro atoms. The molecular formula is C28H34Br2N2O7. The summed E-state index contributed by atoms with van der Waals surface area (Å²) in [6.07, 6.45) is 13.2. The Bertz CT molecular complexity index is 1010. The average Bonchev–Trinajstić information content (AvgIpc) is 2.87. The summed E-state index contributed by atoms with van der Waals surface area (Å²) < 4.78 is 19.0. The Kier molecular flexibility index (Phi) is 12.9. The molecule has 0 radical (unpaired) electrons. The molecule has 9 nitrogen and oxygen atoms in total. The van der Waals surface area contributed by atoms with E-state index in [1.807, 2.05) is 12.2 Å². The largest absolute Gasteiger partial charge is 0.381 e. The van der Waals surface area contributed by atoms with Gasteiger partial charge in [-0.3, -0.25) is 20.2 Å². The molecular weight excluding hydrogens is 636 g/mol. The average molecular weight is 670 g/mol. The molecule has 39 heavy (non-hydrogen) atoms. The van der Waals surface area contributed by atoms with Crippen molar-refractivity contribution in [1.29, 1.82) is 0 Å². The van der Waals surface area contributed by atoms with Gasteiger partial charge in [-0.25, -0.2) is 0 Å². The quantitative estimate of drug-likeness (QED) is 0.0671. The highest BCUT2D eigenvalue weighted by atomic mass is 79.9. The Labute approximate surface area is 245 Å². The lowest BCUT2D eigenvalue weighted by Gasteiger charge is -2.39. The van der Waals surface area contributed by atoms with Crippen LogP contribution in [0, 0.1) is 31.1 Å². The van der Waals surface area contributed by atoms with Crippen molar-refractivity contribution in [2.45, 2.75) is 37.9 Å². The van der Waals surface area contributed by atoms with Crippen LogP contribution in [0.3, 0.4) is 0 Å². The maximum absolute atomic E-state index is 11.9. The number of hydrogen-bond acceptors (Lipinski definition) is 7. The van der Waals surface area contributed by atoms with Crippen LogP contribution in [0.4, 0.5) is 0 Å². The second-order valence-corrected chi connectivity index (χ2v) is 11.1. The minimum Gasteiger partial charge on any atom is -0.381 e. The van der Waals surface area contributed by atoms with Crippen LogP contribution >= 0.6 is 31.9 Å². The first-order valence-electron chi connectivity index (χ1n) is 12.3. The standard InChI is InChI=1S/C28H34Br2N2O7/c1-5-9-27(19-21(29)17-23(31(33)34)25(27)38-13-7-3)11-15-37-16-12-28(10-6-2)20-22(30)18-24(32(35)36)26(28)39-14-8-4/h5-8,17-20,25-26H,1-4,9-16H2. The highest BCUT2D eigenvalue weighted by molar-refractivity contribution is 9.12. The number of halogens is 2. The molecule has 2 rings (SSSR count). The maximum atomic E-state index is 11.9.